The number of aromatic nitrogens is 2. The van der Waals surface area contributed by atoms with Gasteiger partial charge in [0.15, 0.2) is 0 Å². The molecule has 110 valence electrons. The van der Waals surface area contributed by atoms with Gasteiger partial charge in [0.1, 0.15) is 10.7 Å². The number of hydrogen-bond acceptors (Lipinski definition) is 4. The molecule has 0 aliphatic heterocycles. The fourth-order valence-corrected chi connectivity index (χ4v) is 2.17. The van der Waals surface area contributed by atoms with Gasteiger partial charge in [0, 0.05) is 11.6 Å². The lowest BCUT2D eigenvalue weighted by Crippen LogP contribution is -2.15. The molecular weight excluding hydrogens is 325 g/mol. The van der Waals surface area contributed by atoms with Gasteiger partial charge in [-0.25, -0.2) is 9.97 Å². The molecule has 2 aromatic rings. The molecule has 1 aromatic carbocycles. The van der Waals surface area contributed by atoms with Gasteiger partial charge >= 0.3 is 6.18 Å². The van der Waals surface area contributed by atoms with Crippen molar-refractivity contribution in [2.75, 3.05) is 6.26 Å². The van der Waals surface area contributed by atoms with Gasteiger partial charge in [-0.05, 0) is 18.4 Å². The number of benzene rings is 1. The smallest absolute Gasteiger partial charge is 0.285 e. The number of carbonyl (C=O) groups is 1. The molecule has 0 aliphatic carbocycles. The zero-order chi connectivity index (χ0) is 15.6. The maximum absolute atomic E-state index is 12.8. The Morgan fingerprint density at radius 2 is 1.90 bits per heavy atom. The molecule has 21 heavy (non-hydrogen) atoms. The molecule has 0 bridgehead atoms. The first-order valence-corrected chi connectivity index (χ1v) is 7.22. The summed E-state index contributed by atoms with van der Waals surface area (Å²) in [5, 5.41) is 0.196. The summed E-state index contributed by atoms with van der Waals surface area (Å²) >= 11 is 6.86. The van der Waals surface area contributed by atoms with Gasteiger partial charge in [0.05, 0.1) is 5.02 Å². The summed E-state index contributed by atoms with van der Waals surface area (Å²) in [6.07, 6.45) is -3.09. The maximum Gasteiger partial charge on any atom is 0.433 e. The quantitative estimate of drug-likeness (QED) is 0.482. The summed E-state index contributed by atoms with van der Waals surface area (Å²) in [6, 6.07) is 6.85. The van der Waals surface area contributed by atoms with Crippen molar-refractivity contribution >= 4 is 29.1 Å². The molecule has 0 saturated heterocycles. The Morgan fingerprint density at radius 3 is 2.48 bits per heavy atom. The topological polar surface area (TPSA) is 42.9 Å². The zero-order valence-electron chi connectivity index (χ0n) is 10.6. The number of carbonyl (C=O) groups excluding carboxylic acids is 1. The van der Waals surface area contributed by atoms with Gasteiger partial charge in [-0.3, -0.25) is 4.79 Å². The van der Waals surface area contributed by atoms with Gasteiger partial charge in [0.25, 0.3) is 0 Å². The summed E-state index contributed by atoms with van der Waals surface area (Å²) in [4.78, 5) is 19.4. The highest BCUT2D eigenvalue weighted by molar-refractivity contribution is 7.98. The first-order chi connectivity index (χ1) is 9.82. The average Bonchev–Trinajstić information content (AvgIpc) is 2.45. The average molecular weight is 333 g/mol. The van der Waals surface area contributed by atoms with E-state index < -0.39 is 23.5 Å². The van der Waals surface area contributed by atoms with Crippen molar-refractivity contribution in [3.05, 3.63) is 52.4 Å². The molecule has 0 N–H and O–H groups in total. The number of halogens is 4. The van der Waals surface area contributed by atoms with Gasteiger partial charge in [0.2, 0.25) is 11.6 Å². The molecule has 0 radical (unpaired) electrons. The first-order valence-electron chi connectivity index (χ1n) is 5.62. The molecule has 0 unspecified atom stereocenters. The molecule has 2 rings (SSSR count). The van der Waals surface area contributed by atoms with E-state index in [1.807, 2.05) is 0 Å². The SMILES string of the molecule is CSc1cc(C(F)(F)F)nc(C(=O)c2ccccc2Cl)n1. The summed E-state index contributed by atoms with van der Waals surface area (Å²) in [6.45, 7) is 0. The van der Waals surface area contributed by atoms with Crippen molar-refractivity contribution in [3.8, 4) is 0 Å². The molecule has 0 atom stereocenters. The van der Waals surface area contributed by atoms with Crippen LogP contribution in [0, 0.1) is 0 Å². The lowest BCUT2D eigenvalue weighted by atomic mass is 10.1. The van der Waals surface area contributed by atoms with Crippen LogP contribution in [0.15, 0.2) is 35.4 Å². The van der Waals surface area contributed by atoms with Crippen molar-refractivity contribution < 1.29 is 18.0 Å². The van der Waals surface area contributed by atoms with Crippen molar-refractivity contribution in [2.24, 2.45) is 0 Å². The third-order valence-electron chi connectivity index (χ3n) is 2.52. The molecule has 0 saturated carbocycles. The standard InChI is InChI=1S/C13H8ClF3N2OS/c1-21-10-6-9(13(15,16)17)18-12(19-10)11(20)7-4-2-3-5-8(7)14/h2-6H,1H3. The fourth-order valence-electron chi connectivity index (χ4n) is 1.54. The second-order valence-corrected chi connectivity index (χ2v) is 5.16. The summed E-state index contributed by atoms with van der Waals surface area (Å²) in [7, 11) is 0. The number of nitrogens with zero attached hydrogens (tertiary/aromatic N) is 2. The van der Waals surface area contributed by atoms with E-state index in [1.54, 1.807) is 18.4 Å². The molecule has 1 aromatic heterocycles. The molecule has 1 heterocycles. The van der Waals surface area contributed by atoms with Gasteiger partial charge in [-0.1, -0.05) is 23.7 Å². The van der Waals surface area contributed by atoms with E-state index in [-0.39, 0.29) is 15.6 Å². The molecule has 0 aliphatic rings. The highest BCUT2D eigenvalue weighted by Crippen LogP contribution is 2.30. The molecule has 0 amide bonds. The van der Waals surface area contributed by atoms with E-state index in [4.69, 9.17) is 11.6 Å². The third-order valence-corrected chi connectivity index (χ3v) is 3.48. The highest BCUT2D eigenvalue weighted by Gasteiger charge is 2.34. The van der Waals surface area contributed by atoms with E-state index in [0.717, 1.165) is 17.8 Å². The number of alkyl halides is 3. The van der Waals surface area contributed by atoms with Crippen LogP contribution in [0.25, 0.3) is 0 Å². The third kappa shape index (κ3) is 3.54. The minimum atomic E-state index is -4.65. The van der Waals surface area contributed by atoms with Crippen LogP contribution in [-0.4, -0.2) is 22.0 Å². The normalized spacial score (nSPS) is 11.5. The van der Waals surface area contributed by atoms with Gasteiger partial charge < -0.3 is 0 Å². The second kappa shape index (κ2) is 6.03. The largest absolute Gasteiger partial charge is 0.433 e. The monoisotopic (exact) mass is 332 g/mol. The van der Waals surface area contributed by atoms with E-state index in [2.05, 4.69) is 9.97 Å². The number of rotatable bonds is 3. The number of ketones is 1. The predicted molar refractivity (Wildman–Crippen MR) is 73.7 cm³/mol. The molecular formula is C13H8ClF3N2OS. The van der Waals surface area contributed by atoms with Crippen LogP contribution < -0.4 is 0 Å². The Morgan fingerprint density at radius 1 is 1.24 bits per heavy atom. The van der Waals surface area contributed by atoms with Crippen LogP contribution in [0.2, 0.25) is 5.02 Å². The Bertz CT molecular complexity index is 691. The van der Waals surface area contributed by atoms with Gasteiger partial charge in [-0.15, -0.1) is 11.8 Å². The minimum absolute atomic E-state index is 0.0607. The van der Waals surface area contributed by atoms with Gasteiger partial charge in [-0.2, -0.15) is 13.2 Å². The van der Waals surface area contributed by atoms with Crippen molar-refractivity contribution in [1.29, 1.82) is 0 Å². The molecule has 0 fully saturated rings. The Kier molecular flexibility index (Phi) is 4.53. The highest BCUT2D eigenvalue weighted by atomic mass is 35.5. The Labute approximate surface area is 127 Å². The first kappa shape index (κ1) is 15.8. The number of thioether (sulfide) groups is 1. The Balaban J connectivity index is 2.53. The molecule has 0 spiro atoms. The zero-order valence-corrected chi connectivity index (χ0v) is 12.2. The molecule has 8 heteroatoms. The van der Waals surface area contributed by atoms with Crippen LogP contribution in [0.5, 0.6) is 0 Å². The van der Waals surface area contributed by atoms with Crippen molar-refractivity contribution in [2.45, 2.75) is 11.2 Å². The summed E-state index contributed by atoms with van der Waals surface area (Å²) in [5.74, 6) is -1.27. The maximum atomic E-state index is 12.8. The van der Waals surface area contributed by atoms with Crippen LogP contribution in [-0.2, 0) is 6.18 Å². The second-order valence-electron chi connectivity index (χ2n) is 3.93. The summed E-state index contributed by atoms with van der Waals surface area (Å²) in [5.41, 5.74) is -1.09. The van der Waals surface area contributed by atoms with Crippen LogP contribution in [0.1, 0.15) is 21.9 Å². The lowest BCUT2D eigenvalue weighted by Gasteiger charge is -2.09. The predicted octanol–water partition coefficient (Wildman–Crippen LogP) is 4.10. The molecule has 3 nitrogen and oxygen atoms in total. The van der Waals surface area contributed by atoms with E-state index in [9.17, 15) is 18.0 Å². The number of hydrogen-bond donors (Lipinski definition) is 0. The van der Waals surface area contributed by atoms with E-state index >= 15 is 0 Å². The van der Waals surface area contributed by atoms with E-state index in [1.165, 1.54) is 12.1 Å². The lowest BCUT2D eigenvalue weighted by molar-refractivity contribution is -0.141. The van der Waals surface area contributed by atoms with Crippen LogP contribution in [0.3, 0.4) is 0 Å². The van der Waals surface area contributed by atoms with Crippen molar-refractivity contribution in [1.82, 2.24) is 9.97 Å². The van der Waals surface area contributed by atoms with Crippen LogP contribution >= 0.6 is 23.4 Å². The summed E-state index contributed by atoms with van der Waals surface area (Å²) < 4.78 is 38.4. The van der Waals surface area contributed by atoms with Crippen LogP contribution in [0.4, 0.5) is 13.2 Å². The Hall–Kier alpha value is -1.60. The minimum Gasteiger partial charge on any atom is -0.285 e. The fraction of sp³-hybridized carbons (Fsp3) is 0.154. The van der Waals surface area contributed by atoms with Crippen molar-refractivity contribution in [3.63, 3.8) is 0 Å². The van der Waals surface area contributed by atoms with E-state index in [0.29, 0.717) is 0 Å².